The van der Waals surface area contributed by atoms with E-state index in [1.54, 1.807) is 0 Å². The van der Waals surface area contributed by atoms with Crippen LogP contribution >= 0.6 is 0 Å². The minimum Gasteiger partial charge on any atom is -0.356 e. The summed E-state index contributed by atoms with van der Waals surface area (Å²) in [7, 11) is 0. The molecule has 2 nitrogen and oxygen atoms in total. The van der Waals surface area contributed by atoms with Gasteiger partial charge in [0, 0.05) is 22.7 Å². The zero-order valence-corrected chi connectivity index (χ0v) is 16.7. The molecule has 0 spiro atoms. The summed E-state index contributed by atoms with van der Waals surface area (Å²) < 4.78 is 0. The molecule has 0 atom stereocenters. The first-order chi connectivity index (χ1) is 13.2. The van der Waals surface area contributed by atoms with E-state index in [1.165, 1.54) is 29.5 Å². The second-order valence-electron chi connectivity index (χ2n) is 7.13. The zero-order chi connectivity index (χ0) is 19.1. The Kier molecular flexibility index (Phi) is 6.54. The Morgan fingerprint density at radius 1 is 0.667 bits per heavy atom. The fourth-order valence-electron chi connectivity index (χ4n) is 3.16. The molecule has 0 amide bonds. The maximum absolute atomic E-state index is 3.51. The van der Waals surface area contributed by atoms with Gasteiger partial charge in [-0.15, -0.1) is 0 Å². The summed E-state index contributed by atoms with van der Waals surface area (Å²) in [5, 5.41) is 7.02. The molecule has 0 radical (unpaired) electrons. The maximum Gasteiger partial charge on any atom is 0.0415 e. The van der Waals surface area contributed by atoms with E-state index in [1.807, 2.05) is 0 Å². The molecular weight excluding hydrogens is 328 g/mol. The van der Waals surface area contributed by atoms with E-state index in [-0.39, 0.29) is 0 Å². The molecule has 3 rings (SSSR count). The Morgan fingerprint density at radius 3 is 1.85 bits per heavy atom. The first-order valence-corrected chi connectivity index (χ1v) is 10.0. The molecule has 0 bridgehead atoms. The quantitative estimate of drug-likeness (QED) is 0.439. The van der Waals surface area contributed by atoms with Crippen molar-refractivity contribution in [2.45, 2.75) is 46.5 Å². The van der Waals surface area contributed by atoms with Crippen molar-refractivity contribution < 1.29 is 0 Å². The van der Waals surface area contributed by atoms with Crippen LogP contribution < -0.4 is 10.6 Å². The summed E-state index contributed by atoms with van der Waals surface area (Å²) in [6.45, 7) is 6.55. The second-order valence-corrected chi connectivity index (χ2v) is 7.13. The summed E-state index contributed by atoms with van der Waals surface area (Å²) >= 11 is 0. The monoisotopic (exact) mass is 358 g/mol. The van der Waals surface area contributed by atoms with Crippen molar-refractivity contribution in [3.8, 4) is 0 Å². The number of aryl methyl sites for hydroxylation is 3. The minimum absolute atomic E-state index is 1.07. The van der Waals surface area contributed by atoms with Crippen molar-refractivity contribution >= 4 is 22.7 Å². The average molecular weight is 359 g/mol. The highest BCUT2D eigenvalue weighted by Crippen LogP contribution is 2.26. The molecule has 0 aliphatic carbocycles. The summed E-state index contributed by atoms with van der Waals surface area (Å²) in [6, 6.07) is 23.9. The van der Waals surface area contributed by atoms with E-state index in [0.29, 0.717) is 0 Å². The van der Waals surface area contributed by atoms with Gasteiger partial charge in [-0.05, 0) is 85.3 Å². The highest BCUT2D eigenvalue weighted by molar-refractivity contribution is 5.69. The topological polar surface area (TPSA) is 24.1 Å². The molecule has 2 N–H and O–H groups in total. The summed E-state index contributed by atoms with van der Waals surface area (Å²) in [5.41, 5.74) is 8.49. The van der Waals surface area contributed by atoms with Gasteiger partial charge in [0.2, 0.25) is 0 Å². The van der Waals surface area contributed by atoms with Crippen LogP contribution in [0.15, 0.2) is 66.7 Å². The molecule has 0 unspecified atom stereocenters. The van der Waals surface area contributed by atoms with Crippen LogP contribution in [-0.4, -0.2) is 0 Å². The maximum atomic E-state index is 3.51. The third kappa shape index (κ3) is 5.37. The number of nitrogens with one attached hydrogen (secondary N) is 2. The molecule has 0 aliphatic rings. The lowest BCUT2D eigenvalue weighted by molar-refractivity contribution is 0.795. The highest BCUT2D eigenvalue weighted by Gasteiger charge is 2.02. The van der Waals surface area contributed by atoms with E-state index in [9.17, 15) is 0 Å². The third-order valence-corrected chi connectivity index (χ3v) is 4.93. The van der Waals surface area contributed by atoms with Crippen molar-refractivity contribution in [1.29, 1.82) is 0 Å². The number of hydrogen-bond acceptors (Lipinski definition) is 2. The zero-order valence-electron chi connectivity index (χ0n) is 16.7. The van der Waals surface area contributed by atoms with Gasteiger partial charge in [0.25, 0.3) is 0 Å². The second kappa shape index (κ2) is 9.27. The summed E-state index contributed by atoms with van der Waals surface area (Å²) in [4.78, 5) is 0. The van der Waals surface area contributed by atoms with Gasteiger partial charge in [0.05, 0.1) is 0 Å². The first kappa shape index (κ1) is 19.0. The van der Waals surface area contributed by atoms with Crippen LogP contribution in [0.25, 0.3) is 0 Å². The highest BCUT2D eigenvalue weighted by atomic mass is 14.9. The van der Waals surface area contributed by atoms with Crippen LogP contribution in [0.4, 0.5) is 22.7 Å². The molecular formula is C25H30N2. The predicted octanol–water partition coefficient (Wildman–Crippen LogP) is 7.39. The molecule has 3 aromatic carbocycles. The van der Waals surface area contributed by atoms with Crippen LogP contribution in [-0.2, 0) is 12.8 Å². The van der Waals surface area contributed by atoms with Crippen molar-refractivity contribution in [2.75, 3.05) is 10.6 Å². The molecule has 0 fully saturated rings. The van der Waals surface area contributed by atoms with E-state index in [4.69, 9.17) is 0 Å². The fourth-order valence-corrected chi connectivity index (χ4v) is 3.16. The molecule has 0 saturated heterocycles. The van der Waals surface area contributed by atoms with Crippen LogP contribution in [0, 0.1) is 6.92 Å². The summed E-state index contributed by atoms with van der Waals surface area (Å²) in [6.07, 6.45) is 4.72. The predicted molar refractivity (Wildman–Crippen MR) is 119 cm³/mol. The SMILES string of the molecule is CCCCc1ccc(Nc2ccc(Nc3ccc(CC)cc3)c(C)c2)cc1. The Morgan fingerprint density at radius 2 is 1.26 bits per heavy atom. The fraction of sp³-hybridized carbons (Fsp3) is 0.280. The van der Waals surface area contributed by atoms with Crippen LogP contribution in [0.5, 0.6) is 0 Å². The standard InChI is InChI=1S/C25H30N2/c1-4-6-7-21-10-14-22(15-11-21)26-24-16-17-25(19(3)18-24)27-23-12-8-20(5-2)9-13-23/h8-18,26-27H,4-7H2,1-3H3. The lowest BCUT2D eigenvalue weighted by atomic mass is 10.1. The molecule has 2 heteroatoms. The molecule has 27 heavy (non-hydrogen) atoms. The molecule has 0 saturated carbocycles. The lowest BCUT2D eigenvalue weighted by Gasteiger charge is -2.13. The Labute approximate surface area is 163 Å². The normalized spacial score (nSPS) is 10.6. The first-order valence-electron chi connectivity index (χ1n) is 10.0. The van der Waals surface area contributed by atoms with Crippen LogP contribution in [0.2, 0.25) is 0 Å². The number of rotatable bonds is 8. The lowest BCUT2D eigenvalue weighted by Crippen LogP contribution is -1.96. The largest absolute Gasteiger partial charge is 0.356 e. The van der Waals surface area contributed by atoms with Gasteiger partial charge >= 0.3 is 0 Å². The van der Waals surface area contributed by atoms with Gasteiger partial charge in [-0.3, -0.25) is 0 Å². The molecule has 3 aromatic rings. The number of benzene rings is 3. The van der Waals surface area contributed by atoms with Crippen LogP contribution in [0.3, 0.4) is 0 Å². The summed E-state index contributed by atoms with van der Waals surface area (Å²) in [5.74, 6) is 0. The van der Waals surface area contributed by atoms with Crippen molar-refractivity contribution in [3.05, 3.63) is 83.4 Å². The number of unbranched alkanes of at least 4 members (excludes halogenated alkanes) is 1. The molecule has 0 aromatic heterocycles. The van der Waals surface area contributed by atoms with E-state index in [0.717, 1.165) is 35.6 Å². The Hall–Kier alpha value is -2.74. The van der Waals surface area contributed by atoms with Gasteiger partial charge in [0.1, 0.15) is 0 Å². The van der Waals surface area contributed by atoms with Crippen molar-refractivity contribution in [3.63, 3.8) is 0 Å². The van der Waals surface area contributed by atoms with Crippen LogP contribution in [0.1, 0.15) is 43.4 Å². The van der Waals surface area contributed by atoms with Gasteiger partial charge in [-0.25, -0.2) is 0 Å². The van der Waals surface area contributed by atoms with E-state index < -0.39 is 0 Å². The van der Waals surface area contributed by atoms with E-state index >= 15 is 0 Å². The van der Waals surface area contributed by atoms with Gasteiger partial charge in [-0.1, -0.05) is 44.5 Å². The Bertz CT molecular complexity index is 848. The molecule has 140 valence electrons. The molecule has 0 aliphatic heterocycles. The number of anilines is 4. The average Bonchev–Trinajstić information content (AvgIpc) is 2.70. The minimum atomic E-state index is 1.07. The third-order valence-electron chi connectivity index (χ3n) is 4.93. The number of hydrogen-bond donors (Lipinski definition) is 2. The van der Waals surface area contributed by atoms with Gasteiger partial charge < -0.3 is 10.6 Å². The van der Waals surface area contributed by atoms with Crippen molar-refractivity contribution in [2.24, 2.45) is 0 Å². The molecule has 0 heterocycles. The van der Waals surface area contributed by atoms with E-state index in [2.05, 4.69) is 98.1 Å². The smallest absolute Gasteiger partial charge is 0.0415 e. The van der Waals surface area contributed by atoms with Gasteiger partial charge in [-0.2, -0.15) is 0 Å². The Balaban J connectivity index is 1.65. The van der Waals surface area contributed by atoms with Gasteiger partial charge in [0.15, 0.2) is 0 Å². The van der Waals surface area contributed by atoms with Crippen molar-refractivity contribution in [1.82, 2.24) is 0 Å².